The molecule has 0 aliphatic heterocycles. The lowest BCUT2D eigenvalue weighted by molar-refractivity contribution is 0.0696. The van der Waals surface area contributed by atoms with E-state index in [-0.39, 0.29) is 11.3 Å². The molecule has 2 aromatic carbocycles. The first-order valence-electron chi connectivity index (χ1n) is 5.11. The fraction of sp³-hybridized carbons (Fsp3) is 0.154. The van der Waals surface area contributed by atoms with E-state index in [1.807, 2.05) is 19.1 Å². The maximum absolute atomic E-state index is 10.9. The minimum atomic E-state index is -1.02. The molecule has 0 atom stereocenters. The lowest BCUT2D eigenvalue weighted by Crippen LogP contribution is -1.96. The molecular formula is C13H12O3. The van der Waals surface area contributed by atoms with Crippen molar-refractivity contribution in [3.8, 4) is 5.75 Å². The van der Waals surface area contributed by atoms with Crippen LogP contribution in [0.1, 0.15) is 22.8 Å². The second-order valence-corrected chi connectivity index (χ2v) is 3.67. The fourth-order valence-electron chi connectivity index (χ4n) is 1.86. The molecule has 2 rings (SSSR count). The summed E-state index contributed by atoms with van der Waals surface area (Å²) < 4.78 is 0. The zero-order valence-corrected chi connectivity index (χ0v) is 8.90. The topological polar surface area (TPSA) is 57.5 Å². The van der Waals surface area contributed by atoms with Crippen molar-refractivity contribution in [2.75, 3.05) is 0 Å². The number of fused-ring (bicyclic) bond motifs is 1. The largest absolute Gasteiger partial charge is 0.507 e. The van der Waals surface area contributed by atoms with Crippen LogP contribution in [0.15, 0.2) is 30.3 Å². The van der Waals surface area contributed by atoms with Crippen molar-refractivity contribution in [1.29, 1.82) is 0 Å². The molecule has 0 bridgehead atoms. The van der Waals surface area contributed by atoms with Gasteiger partial charge in [0.25, 0.3) is 0 Å². The third-order valence-electron chi connectivity index (χ3n) is 2.69. The molecule has 0 saturated carbocycles. The molecule has 0 radical (unpaired) electrons. The van der Waals surface area contributed by atoms with Gasteiger partial charge in [0.2, 0.25) is 0 Å². The first kappa shape index (κ1) is 10.5. The number of carboxylic acids is 1. The Hall–Kier alpha value is -2.03. The number of aryl methyl sites for hydroxylation is 1. The van der Waals surface area contributed by atoms with E-state index in [0.29, 0.717) is 5.39 Å². The van der Waals surface area contributed by atoms with Gasteiger partial charge >= 0.3 is 5.97 Å². The van der Waals surface area contributed by atoms with Gasteiger partial charge in [0.15, 0.2) is 0 Å². The molecule has 3 nitrogen and oxygen atoms in total. The second kappa shape index (κ2) is 3.85. The van der Waals surface area contributed by atoms with Crippen LogP contribution in [0.3, 0.4) is 0 Å². The summed E-state index contributed by atoms with van der Waals surface area (Å²) in [5, 5.41) is 20.2. The van der Waals surface area contributed by atoms with E-state index >= 15 is 0 Å². The van der Waals surface area contributed by atoms with Gasteiger partial charge in [-0.3, -0.25) is 0 Å². The lowest BCUT2D eigenvalue weighted by Gasteiger charge is -2.07. The van der Waals surface area contributed by atoms with Gasteiger partial charge in [-0.15, -0.1) is 0 Å². The number of phenolic OH excluding ortho intramolecular Hbond substituents is 1. The van der Waals surface area contributed by atoms with E-state index in [0.717, 1.165) is 17.4 Å². The molecule has 16 heavy (non-hydrogen) atoms. The number of phenols is 1. The van der Waals surface area contributed by atoms with Crippen LogP contribution in [0.25, 0.3) is 10.8 Å². The van der Waals surface area contributed by atoms with Crippen molar-refractivity contribution >= 4 is 16.7 Å². The average Bonchev–Trinajstić information content (AvgIpc) is 2.28. The van der Waals surface area contributed by atoms with E-state index in [9.17, 15) is 9.90 Å². The van der Waals surface area contributed by atoms with Gasteiger partial charge in [-0.25, -0.2) is 4.79 Å². The van der Waals surface area contributed by atoms with Crippen LogP contribution in [0.4, 0.5) is 0 Å². The Morgan fingerprint density at radius 1 is 1.25 bits per heavy atom. The Kier molecular flexibility index (Phi) is 2.52. The van der Waals surface area contributed by atoms with Crippen molar-refractivity contribution in [2.24, 2.45) is 0 Å². The third-order valence-corrected chi connectivity index (χ3v) is 2.69. The van der Waals surface area contributed by atoms with Crippen LogP contribution in [0.5, 0.6) is 5.75 Å². The molecule has 0 amide bonds. The normalized spacial score (nSPS) is 10.6. The summed E-state index contributed by atoms with van der Waals surface area (Å²) in [6.45, 7) is 2.00. The van der Waals surface area contributed by atoms with Crippen molar-refractivity contribution < 1.29 is 15.0 Å². The van der Waals surface area contributed by atoms with Crippen molar-refractivity contribution in [1.82, 2.24) is 0 Å². The summed E-state index contributed by atoms with van der Waals surface area (Å²) in [4.78, 5) is 10.9. The van der Waals surface area contributed by atoms with E-state index in [2.05, 4.69) is 0 Å². The summed E-state index contributed by atoms with van der Waals surface area (Å²) in [5.41, 5.74) is 1.15. The Morgan fingerprint density at radius 2 is 2.00 bits per heavy atom. The Morgan fingerprint density at radius 3 is 2.62 bits per heavy atom. The molecule has 82 valence electrons. The zero-order chi connectivity index (χ0) is 11.7. The molecule has 0 fully saturated rings. The van der Waals surface area contributed by atoms with Gasteiger partial charge < -0.3 is 10.2 Å². The molecule has 0 saturated heterocycles. The minimum absolute atomic E-state index is 0.0187. The standard InChI is InChI=1S/C13H12O3/c1-2-8-4-3-5-10-11(8)6-9(13(15)16)7-12(10)14/h3-7,14H,2H2,1H3,(H,15,16). The predicted molar refractivity (Wildman–Crippen MR) is 62.0 cm³/mol. The van der Waals surface area contributed by atoms with Crippen LogP contribution in [0, 0.1) is 0 Å². The summed E-state index contributed by atoms with van der Waals surface area (Å²) >= 11 is 0. The van der Waals surface area contributed by atoms with Crippen LogP contribution in [0.2, 0.25) is 0 Å². The third kappa shape index (κ3) is 1.60. The molecule has 0 spiro atoms. The van der Waals surface area contributed by atoms with Crippen LogP contribution < -0.4 is 0 Å². The molecule has 0 aliphatic rings. The Labute approximate surface area is 93.0 Å². The summed E-state index contributed by atoms with van der Waals surface area (Å²) in [7, 11) is 0. The fourth-order valence-corrected chi connectivity index (χ4v) is 1.86. The van der Waals surface area contributed by atoms with Crippen molar-refractivity contribution in [3.63, 3.8) is 0 Å². The second-order valence-electron chi connectivity index (χ2n) is 3.67. The van der Waals surface area contributed by atoms with Gasteiger partial charge in [-0.05, 0) is 29.5 Å². The maximum atomic E-state index is 10.9. The van der Waals surface area contributed by atoms with E-state index in [1.165, 1.54) is 6.07 Å². The number of benzene rings is 2. The Balaban J connectivity index is 2.82. The molecule has 3 heteroatoms. The SMILES string of the molecule is CCc1cccc2c(O)cc(C(=O)O)cc12. The smallest absolute Gasteiger partial charge is 0.335 e. The maximum Gasteiger partial charge on any atom is 0.335 e. The van der Waals surface area contributed by atoms with Crippen LogP contribution >= 0.6 is 0 Å². The summed E-state index contributed by atoms with van der Waals surface area (Å²) in [5.74, 6) is -1.01. The number of carboxylic acid groups (broad SMARTS) is 1. The molecule has 2 N–H and O–H groups in total. The Bertz CT molecular complexity index is 558. The quantitative estimate of drug-likeness (QED) is 0.811. The number of hydrogen-bond donors (Lipinski definition) is 2. The van der Waals surface area contributed by atoms with Gasteiger partial charge in [-0.2, -0.15) is 0 Å². The highest BCUT2D eigenvalue weighted by molar-refractivity contribution is 5.98. The summed E-state index contributed by atoms with van der Waals surface area (Å²) in [6.07, 6.45) is 0.805. The summed E-state index contributed by atoms with van der Waals surface area (Å²) in [6, 6.07) is 8.48. The number of carbonyl (C=O) groups is 1. The predicted octanol–water partition coefficient (Wildman–Crippen LogP) is 2.81. The number of aromatic hydroxyl groups is 1. The molecule has 2 aromatic rings. The molecular weight excluding hydrogens is 204 g/mol. The van der Waals surface area contributed by atoms with E-state index in [1.54, 1.807) is 12.1 Å². The van der Waals surface area contributed by atoms with Crippen molar-refractivity contribution in [2.45, 2.75) is 13.3 Å². The first-order valence-corrected chi connectivity index (χ1v) is 5.11. The number of rotatable bonds is 2. The number of aromatic carboxylic acids is 1. The first-order chi connectivity index (χ1) is 7.63. The van der Waals surface area contributed by atoms with Gasteiger partial charge in [0.1, 0.15) is 5.75 Å². The number of hydrogen-bond acceptors (Lipinski definition) is 2. The highest BCUT2D eigenvalue weighted by Gasteiger charge is 2.10. The van der Waals surface area contributed by atoms with Crippen LogP contribution in [-0.2, 0) is 6.42 Å². The van der Waals surface area contributed by atoms with Crippen LogP contribution in [-0.4, -0.2) is 16.2 Å². The zero-order valence-electron chi connectivity index (χ0n) is 8.90. The average molecular weight is 216 g/mol. The van der Waals surface area contributed by atoms with Crippen molar-refractivity contribution in [3.05, 3.63) is 41.5 Å². The van der Waals surface area contributed by atoms with Gasteiger partial charge in [-0.1, -0.05) is 25.1 Å². The molecule has 0 heterocycles. The van der Waals surface area contributed by atoms with E-state index in [4.69, 9.17) is 5.11 Å². The molecule has 0 unspecified atom stereocenters. The minimum Gasteiger partial charge on any atom is -0.507 e. The molecule has 0 aliphatic carbocycles. The highest BCUT2D eigenvalue weighted by atomic mass is 16.4. The monoisotopic (exact) mass is 216 g/mol. The highest BCUT2D eigenvalue weighted by Crippen LogP contribution is 2.29. The molecule has 0 aromatic heterocycles. The van der Waals surface area contributed by atoms with Gasteiger partial charge in [0, 0.05) is 5.39 Å². The van der Waals surface area contributed by atoms with E-state index < -0.39 is 5.97 Å². The van der Waals surface area contributed by atoms with Gasteiger partial charge in [0.05, 0.1) is 5.56 Å². The lowest BCUT2D eigenvalue weighted by atomic mass is 9.99.